The Hall–Kier alpha value is -1.88. The molecule has 0 fully saturated rings. The van der Waals surface area contributed by atoms with Gasteiger partial charge in [-0.1, -0.05) is 23.9 Å². The predicted octanol–water partition coefficient (Wildman–Crippen LogP) is 2.98. The third-order valence-electron chi connectivity index (χ3n) is 2.11. The second-order valence-corrected chi connectivity index (χ2v) is 4.36. The summed E-state index contributed by atoms with van der Waals surface area (Å²) in [4.78, 5) is 10.6. The van der Waals surface area contributed by atoms with Gasteiger partial charge >= 0.3 is 5.97 Å². The van der Waals surface area contributed by atoms with Crippen molar-refractivity contribution < 1.29 is 19.4 Å². The number of carboxylic acid groups (broad SMARTS) is 1. The van der Waals surface area contributed by atoms with Crippen LogP contribution in [-0.4, -0.2) is 16.2 Å². The molecular formula is C12H10O4S. The third-order valence-corrected chi connectivity index (χ3v) is 3.09. The number of furan rings is 1. The van der Waals surface area contributed by atoms with Crippen molar-refractivity contribution in [3.8, 4) is 5.75 Å². The predicted molar refractivity (Wildman–Crippen MR) is 63.3 cm³/mol. The van der Waals surface area contributed by atoms with Gasteiger partial charge in [0, 0.05) is 5.75 Å². The first-order valence-electron chi connectivity index (χ1n) is 4.89. The van der Waals surface area contributed by atoms with Crippen molar-refractivity contribution in [2.75, 3.05) is 0 Å². The van der Waals surface area contributed by atoms with Crippen LogP contribution < -0.4 is 0 Å². The Bertz CT molecular complexity index is 516. The minimum atomic E-state index is -1.07. The van der Waals surface area contributed by atoms with Crippen LogP contribution in [0.15, 0.2) is 45.9 Å². The highest BCUT2D eigenvalue weighted by Crippen LogP contribution is 2.25. The van der Waals surface area contributed by atoms with E-state index in [-0.39, 0.29) is 11.5 Å². The Morgan fingerprint density at radius 1 is 1.18 bits per heavy atom. The number of phenols is 1. The summed E-state index contributed by atoms with van der Waals surface area (Å²) >= 11 is 1.41. The third kappa shape index (κ3) is 3.04. The summed E-state index contributed by atoms with van der Waals surface area (Å²) in [6.45, 7) is 0. The summed E-state index contributed by atoms with van der Waals surface area (Å²) in [6, 6.07) is 9.91. The van der Waals surface area contributed by atoms with E-state index in [1.165, 1.54) is 17.8 Å². The molecule has 17 heavy (non-hydrogen) atoms. The van der Waals surface area contributed by atoms with Crippen LogP contribution in [0.2, 0.25) is 0 Å². The van der Waals surface area contributed by atoms with Crippen molar-refractivity contribution in [1.82, 2.24) is 0 Å². The van der Waals surface area contributed by atoms with Crippen molar-refractivity contribution in [3.63, 3.8) is 0 Å². The zero-order valence-corrected chi connectivity index (χ0v) is 9.61. The van der Waals surface area contributed by atoms with Crippen LogP contribution >= 0.6 is 11.8 Å². The van der Waals surface area contributed by atoms with Gasteiger partial charge in [0.25, 0.3) is 0 Å². The summed E-state index contributed by atoms with van der Waals surface area (Å²) in [7, 11) is 0. The highest BCUT2D eigenvalue weighted by Gasteiger charge is 2.09. The van der Waals surface area contributed by atoms with Gasteiger partial charge in [0.15, 0.2) is 5.09 Å². The van der Waals surface area contributed by atoms with E-state index >= 15 is 0 Å². The van der Waals surface area contributed by atoms with E-state index in [4.69, 9.17) is 14.6 Å². The second-order valence-electron chi connectivity index (χ2n) is 3.38. The number of aromatic hydroxyl groups is 1. The standard InChI is InChI=1S/C12H10O4S/c13-9-3-1-8(2-4-9)7-17-11-6-5-10(16-11)12(14)15/h1-6,13H,7H2,(H,14,15). The van der Waals surface area contributed by atoms with Crippen LogP contribution in [0.4, 0.5) is 0 Å². The van der Waals surface area contributed by atoms with Gasteiger partial charge in [-0.05, 0) is 29.8 Å². The second kappa shape index (κ2) is 4.97. The molecule has 88 valence electrons. The van der Waals surface area contributed by atoms with Gasteiger partial charge in [0.1, 0.15) is 5.75 Å². The molecule has 1 heterocycles. The van der Waals surface area contributed by atoms with Crippen LogP contribution in [-0.2, 0) is 5.75 Å². The van der Waals surface area contributed by atoms with E-state index in [2.05, 4.69) is 0 Å². The molecule has 0 aliphatic carbocycles. The lowest BCUT2D eigenvalue weighted by Gasteiger charge is -1.99. The van der Waals surface area contributed by atoms with Crippen LogP contribution in [0.3, 0.4) is 0 Å². The monoisotopic (exact) mass is 250 g/mol. The Balaban J connectivity index is 1.97. The smallest absolute Gasteiger partial charge is 0.371 e. The lowest BCUT2D eigenvalue weighted by atomic mass is 10.2. The maximum absolute atomic E-state index is 10.6. The van der Waals surface area contributed by atoms with E-state index in [0.29, 0.717) is 10.8 Å². The fraction of sp³-hybridized carbons (Fsp3) is 0.0833. The van der Waals surface area contributed by atoms with Crippen LogP contribution in [0, 0.1) is 0 Å². The SMILES string of the molecule is O=C(O)c1ccc(SCc2ccc(O)cc2)o1. The number of carbonyl (C=O) groups is 1. The lowest BCUT2D eigenvalue weighted by Crippen LogP contribution is -1.91. The molecule has 2 rings (SSSR count). The van der Waals surface area contributed by atoms with E-state index < -0.39 is 5.97 Å². The molecule has 0 saturated carbocycles. The molecule has 0 amide bonds. The van der Waals surface area contributed by atoms with Gasteiger partial charge < -0.3 is 14.6 Å². The molecule has 4 nitrogen and oxygen atoms in total. The summed E-state index contributed by atoms with van der Waals surface area (Å²) in [5.74, 6) is -0.239. The molecule has 0 aliphatic heterocycles. The number of rotatable bonds is 4. The number of thioether (sulfide) groups is 1. The number of phenolic OH excluding ortho intramolecular Hbond substituents is 1. The first kappa shape index (κ1) is 11.6. The Kier molecular flexibility index (Phi) is 3.39. The highest BCUT2D eigenvalue weighted by molar-refractivity contribution is 7.98. The van der Waals surface area contributed by atoms with Gasteiger partial charge in [0.2, 0.25) is 5.76 Å². The lowest BCUT2D eigenvalue weighted by molar-refractivity contribution is 0.0656. The number of aromatic carboxylic acids is 1. The minimum Gasteiger partial charge on any atom is -0.508 e. The molecular weight excluding hydrogens is 240 g/mol. The van der Waals surface area contributed by atoms with Gasteiger partial charge in [-0.2, -0.15) is 0 Å². The van der Waals surface area contributed by atoms with Gasteiger partial charge in [0.05, 0.1) is 0 Å². The zero-order valence-electron chi connectivity index (χ0n) is 8.79. The van der Waals surface area contributed by atoms with Crippen LogP contribution in [0.5, 0.6) is 5.75 Å². The van der Waals surface area contributed by atoms with E-state index in [0.717, 1.165) is 5.56 Å². The maximum Gasteiger partial charge on any atom is 0.371 e. The van der Waals surface area contributed by atoms with Gasteiger partial charge in [-0.15, -0.1) is 0 Å². The van der Waals surface area contributed by atoms with Crippen molar-refractivity contribution >= 4 is 17.7 Å². The topological polar surface area (TPSA) is 70.7 Å². The van der Waals surface area contributed by atoms with Crippen LogP contribution in [0.25, 0.3) is 0 Å². The number of hydrogen-bond donors (Lipinski definition) is 2. The Morgan fingerprint density at radius 3 is 2.47 bits per heavy atom. The molecule has 0 saturated heterocycles. The molecule has 1 aromatic carbocycles. The van der Waals surface area contributed by atoms with E-state index in [1.54, 1.807) is 18.2 Å². The first-order valence-corrected chi connectivity index (χ1v) is 5.87. The number of benzene rings is 1. The molecule has 0 spiro atoms. The summed E-state index contributed by atoms with van der Waals surface area (Å²) in [5, 5.41) is 18.4. The minimum absolute atomic E-state index is 0.0572. The fourth-order valence-corrected chi connectivity index (χ4v) is 2.07. The molecule has 0 aliphatic rings. The molecule has 1 aromatic heterocycles. The molecule has 0 atom stereocenters. The average molecular weight is 250 g/mol. The van der Waals surface area contributed by atoms with Crippen molar-refractivity contribution in [1.29, 1.82) is 0 Å². The Morgan fingerprint density at radius 2 is 1.88 bits per heavy atom. The quantitative estimate of drug-likeness (QED) is 0.816. The average Bonchev–Trinajstić information content (AvgIpc) is 2.77. The van der Waals surface area contributed by atoms with E-state index in [1.807, 2.05) is 12.1 Å². The Labute approximate surface area is 102 Å². The highest BCUT2D eigenvalue weighted by atomic mass is 32.2. The number of carboxylic acids is 1. The molecule has 0 bridgehead atoms. The number of hydrogen-bond acceptors (Lipinski definition) is 4. The van der Waals surface area contributed by atoms with Crippen molar-refractivity contribution in [3.05, 3.63) is 47.7 Å². The normalized spacial score (nSPS) is 10.4. The summed E-state index contributed by atoms with van der Waals surface area (Å²) in [5.41, 5.74) is 1.03. The zero-order chi connectivity index (χ0) is 12.3. The van der Waals surface area contributed by atoms with E-state index in [9.17, 15) is 4.79 Å². The van der Waals surface area contributed by atoms with Crippen molar-refractivity contribution in [2.24, 2.45) is 0 Å². The largest absolute Gasteiger partial charge is 0.508 e. The fourth-order valence-electron chi connectivity index (χ4n) is 1.26. The summed E-state index contributed by atoms with van der Waals surface area (Å²) < 4.78 is 5.10. The van der Waals surface area contributed by atoms with Crippen molar-refractivity contribution in [2.45, 2.75) is 10.8 Å². The molecule has 2 aromatic rings. The van der Waals surface area contributed by atoms with Crippen LogP contribution in [0.1, 0.15) is 16.1 Å². The first-order chi connectivity index (χ1) is 8.15. The molecule has 0 radical (unpaired) electrons. The molecule has 5 heteroatoms. The maximum atomic E-state index is 10.6. The van der Waals surface area contributed by atoms with Gasteiger partial charge in [-0.25, -0.2) is 4.79 Å². The molecule has 2 N–H and O–H groups in total. The summed E-state index contributed by atoms with van der Waals surface area (Å²) in [6.07, 6.45) is 0. The molecule has 0 unspecified atom stereocenters. The van der Waals surface area contributed by atoms with Gasteiger partial charge in [-0.3, -0.25) is 0 Å².